The predicted molar refractivity (Wildman–Crippen MR) is 61.3 cm³/mol. The van der Waals surface area contributed by atoms with Crippen LogP contribution in [0.5, 0.6) is 0 Å². The van der Waals surface area contributed by atoms with E-state index in [2.05, 4.69) is 18.8 Å². The van der Waals surface area contributed by atoms with Gasteiger partial charge in [0.05, 0.1) is 0 Å². The zero-order valence-electron chi connectivity index (χ0n) is 9.44. The van der Waals surface area contributed by atoms with Gasteiger partial charge in [-0.3, -0.25) is 0 Å². The Labute approximate surface area is 88.0 Å². The van der Waals surface area contributed by atoms with Gasteiger partial charge in [-0.15, -0.1) is 0 Å². The molecule has 1 saturated heterocycles. The first kappa shape index (κ1) is 10.2. The summed E-state index contributed by atoms with van der Waals surface area (Å²) in [6.07, 6.45) is 8.52. The summed E-state index contributed by atoms with van der Waals surface area (Å²) in [5.74, 6) is 0.829. The molecule has 0 aromatic heterocycles. The molecular weight excluding hydrogens is 170 g/mol. The van der Waals surface area contributed by atoms with Gasteiger partial charge in [-0.05, 0) is 69.9 Å². The van der Waals surface area contributed by atoms with Gasteiger partial charge in [-0.2, -0.15) is 0 Å². The zero-order chi connectivity index (χ0) is 10.0. The fraction of sp³-hybridized carbons (Fsp3) is 0.846. The van der Waals surface area contributed by atoms with Crippen molar-refractivity contribution < 1.29 is 0 Å². The van der Waals surface area contributed by atoms with E-state index in [1.165, 1.54) is 57.2 Å². The summed E-state index contributed by atoms with van der Waals surface area (Å²) in [7, 11) is 0. The first-order valence-electron chi connectivity index (χ1n) is 6.08. The molecule has 0 atom stereocenters. The molecule has 1 spiro atoms. The molecule has 1 heterocycles. The fourth-order valence-corrected chi connectivity index (χ4v) is 3.18. The third kappa shape index (κ3) is 2.03. The second-order valence-corrected chi connectivity index (χ2v) is 5.37. The van der Waals surface area contributed by atoms with Crippen molar-refractivity contribution in [1.82, 2.24) is 5.32 Å². The van der Waals surface area contributed by atoms with Crippen molar-refractivity contribution in [1.29, 1.82) is 0 Å². The molecule has 2 rings (SSSR count). The maximum atomic E-state index is 4.10. The average molecular weight is 193 g/mol. The lowest BCUT2D eigenvalue weighted by atomic mass is 9.65. The van der Waals surface area contributed by atoms with Gasteiger partial charge in [0.1, 0.15) is 0 Å². The lowest BCUT2D eigenvalue weighted by Crippen LogP contribution is -2.39. The third-order valence-corrected chi connectivity index (χ3v) is 4.41. The van der Waals surface area contributed by atoms with Crippen LogP contribution in [0, 0.1) is 11.3 Å². The van der Waals surface area contributed by atoms with Crippen LogP contribution in [0.15, 0.2) is 12.2 Å². The topological polar surface area (TPSA) is 12.0 Å². The summed E-state index contributed by atoms with van der Waals surface area (Å²) in [6, 6.07) is 0. The minimum absolute atomic E-state index is 0.719. The highest BCUT2D eigenvalue weighted by Gasteiger charge is 2.35. The van der Waals surface area contributed by atoms with Crippen molar-refractivity contribution in [2.45, 2.75) is 45.4 Å². The zero-order valence-corrected chi connectivity index (χ0v) is 9.44. The molecule has 0 aromatic rings. The highest BCUT2D eigenvalue weighted by Crippen LogP contribution is 2.46. The number of allylic oxidation sites excluding steroid dienone is 1. The van der Waals surface area contributed by atoms with Crippen LogP contribution in [0.25, 0.3) is 0 Å². The molecule has 0 radical (unpaired) electrons. The van der Waals surface area contributed by atoms with Crippen LogP contribution in [-0.2, 0) is 0 Å². The van der Waals surface area contributed by atoms with Gasteiger partial charge in [0.25, 0.3) is 0 Å². The molecule has 1 aliphatic heterocycles. The summed E-state index contributed by atoms with van der Waals surface area (Å²) >= 11 is 0. The predicted octanol–water partition coefficient (Wildman–Crippen LogP) is 3.12. The van der Waals surface area contributed by atoms with Crippen molar-refractivity contribution >= 4 is 0 Å². The Morgan fingerprint density at radius 3 is 2.21 bits per heavy atom. The van der Waals surface area contributed by atoms with E-state index in [9.17, 15) is 0 Å². The van der Waals surface area contributed by atoms with E-state index in [0.717, 1.165) is 11.3 Å². The van der Waals surface area contributed by atoms with E-state index in [1.54, 1.807) is 0 Å². The molecule has 14 heavy (non-hydrogen) atoms. The second-order valence-electron chi connectivity index (χ2n) is 5.37. The smallest absolute Gasteiger partial charge is 0.00436 e. The SMILES string of the molecule is C=C(C)C1CCC2(CCNCC2)CC1. The summed E-state index contributed by atoms with van der Waals surface area (Å²) < 4.78 is 0. The molecule has 0 unspecified atom stereocenters. The first-order chi connectivity index (χ1) is 6.72. The Hall–Kier alpha value is -0.300. The molecule has 0 bridgehead atoms. The molecule has 1 aliphatic carbocycles. The van der Waals surface area contributed by atoms with Crippen molar-refractivity contribution in [3.05, 3.63) is 12.2 Å². The molecule has 1 saturated carbocycles. The van der Waals surface area contributed by atoms with Gasteiger partial charge >= 0.3 is 0 Å². The van der Waals surface area contributed by atoms with E-state index in [0.29, 0.717) is 0 Å². The van der Waals surface area contributed by atoms with E-state index in [4.69, 9.17) is 0 Å². The van der Waals surface area contributed by atoms with Gasteiger partial charge < -0.3 is 5.32 Å². The van der Waals surface area contributed by atoms with Gasteiger partial charge in [0.2, 0.25) is 0 Å². The lowest BCUT2D eigenvalue weighted by Gasteiger charge is -2.43. The maximum Gasteiger partial charge on any atom is -0.00436 e. The number of rotatable bonds is 1. The minimum Gasteiger partial charge on any atom is -0.317 e. The number of hydrogen-bond acceptors (Lipinski definition) is 1. The van der Waals surface area contributed by atoms with Gasteiger partial charge in [0, 0.05) is 0 Å². The number of nitrogens with one attached hydrogen (secondary N) is 1. The standard InChI is InChI=1S/C13H23N/c1-11(2)12-3-5-13(6-4-12)7-9-14-10-8-13/h12,14H,1,3-10H2,2H3. The first-order valence-corrected chi connectivity index (χ1v) is 6.08. The van der Waals surface area contributed by atoms with Crippen LogP contribution in [0.3, 0.4) is 0 Å². The van der Waals surface area contributed by atoms with Gasteiger partial charge in [-0.25, -0.2) is 0 Å². The average Bonchev–Trinajstić information content (AvgIpc) is 2.19. The Balaban J connectivity index is 1.90. The molecule has 80 valence electrons. The molecule has 2 aliphatic rings. The molecular formula is C13H23N. The van der Waals surface area contributed by atoms with Crippen LogP contribution in [0.2, 0.25) is 0 Å². The van der Waals surface area contributed by atoms with Gasteiger partial charge in [0.15, 0.2) is 0 Å². The second kappa shape index (κ2) is 4.06. The van der Waals surface area contributed by atoms with E-state index >= 15 is 0 Å². The van der Waals surface area contributed by atoms with Crippen LogP contribution >= 0.6 is 0 Å². The van der Waals surface area contributed by atoms with Crippen molar-refractivity contribution in [3.8, 4) is 0 Å². The number of hydrogen-bond donors (Lipinski definition) is 1. The molecule has 1 heteroatoms. The monoisotopic (exact) mass is 193 g/mol. The number of piperidine rings is 1. The summed E-state index contributed by atoms with van der Waals surface area (Å²) in [6.45, 7) is 8.80. The summed E-state index contributed by atoms with van der Waals surface area (Å²) in [5, 5.41) is 3.47. The Kier molecular flexibility index (Phi) is 2.96. The Bertz CT molecular complexity index is 203. The van der Waals surface area contributed by atoms with Crippen molar-refractivity contribution in [3.63, 3.8) is 0 Å². The van der Waals surface area contributed by atoms with E-state index in [-0.39, 0.29) is 0 Å². The van der Waals surface area contributed by atoms with Crippen LogP contribution in [0.1, 0.15) is 45.4 Å². The van der Waals surface area contributed by atoms with Crippen LogP contribution < -0.4 is 5.32 Å². The maximum absolute atomic E-state index is 4.10. The Morgan fingerprint density at radius 2 is 1.71 bits per heavy atom. The van der Waals surface area contributed by atoms with Crippen molar-refractivity contribution in [2.75, 3.05) is 13.1 Å². The molecule has 0 aromatic carbocycles. The van der Waals surface area contributed by atoms with Crippen LogP contribution in [-0.4, -0.2) is 13.1 Å². The molecule has 1 nitrogen and oxygen atoms in total. The normalized spacial score (nSPS) is 27.8. The Morgan fingerprint density at radius 1 is 1.14 bits per heavy atom. The van der Waals surface area contributed by atoms with Crippen LogP contribution in [0.4, 0.5) is 0 Å². The molecule has 1 N–H and O–H groups in total. The van der Waals surface area contributed by atoms with Gasteiger partial charge in [-0.1, -0.05) is 12.2 Å². The third-order valence-electron chi connectivity index (χ3n) is 4.41. The highest BCUT2D eigenvalue weighted by molar-refractivity contribution is 5.01. The van der Waals surface area contributed by atoms with Crippen molar-refractivity contribution in [2.24, 2.45) is 11.3 Å². The summed E-state index contributed by atoms with van der Waals surface area (Å²) in [5.41, 5.74) is 2.13. The minimum atomic E-state index is 0.719. The molecule has 0 amide bonds. The largest absolute Gasteiger partial charge is 0.317 e. The van der Waals surface area contributed by atoms with E-state index < -0.39 is 0 Å². The molecule has 2 fully saturated rings. The quantitative estimate of drug-likeness (QED) is 0.631. The lowest BCUT2D eigenvalue weighted by molar-refractivity contribution is 0.114. The fourth-order valence-electron chi connectivity index (χ4n) is 3.18. The van der Waals surface area contributed by atoms with E-state index in [1.807, 2.05) is 0 Å². The highest BCUT2D eigenvalue weighted by atomic mass is 14.9. The summed E-state index contributed by atoms with van der Waals surface area (Å²) in [4.78, 5) is 0.